The van der Waals surface area contributed by atoms with Crippen LogP contribution in [0.5, 0.6) is 0 Å². The van der Waals surface area contributed by atoms with Gasteiger partial charge in [-0.2, -0.15) is 0 Å². The summed E-state index contributed by atoms with van der Waals surface area (Å²) in [7, 11) is 0. The summed E-state index contributed by atoms with van der Waals surface area (Å²) in [6.07, 6.45) is 85.7. The molecule has 0 saturated heterocycles. The second-order valence-corrected chi connectivity index (χ2v) is 25.6. The zero-order chi connectivity index (χ0) is 58.5. The second-order valence-electron chi connectivity index (χ2n) is 25.6. The van der Waals surface area contributed by atoms with Crippen LogP contribution in [0.2, 0.25) is 0 Å². The Labute approximate surface area is 507 Å². The topological polar surface area (TPSA) is 78.9 Å². The lowest BCUT2D eigenvalue weighted by Gasteiger charge is -2.18. The maximum Gasteiger partial charge on any atom is 0.306 e. The Bertz CT molecular complexity index is 1260. The zero-order valence-corrected chi connectivity index (χ0v) is 55.4. The van der Waals surface area contributed by atoms with Crippen LogP contribution in [-0.2, 0) is 28.6 Å². The summed E-state index contributed by atoms with van der Waals surface area (Å²) in [5.41, 5.74) is 0. The minimum Gasteiger partial charge on any atom is -0.462 e. The average molecular weight is 1140 g/mol. The molecular weight excluding hydrogens is 997 g/mol. The standard InChI is InChI=1S/C75H144O6/c1-4-7-10-13-16-19-21-23-25-27-29-31-33-35-36-37-38-40-41-43-45-47-49-51-53-56-59-62-65-68-74(77)80-71-72(70-79-73(76)67-64-61-58-55-18-15-12-9-6-3)81-75(78)69-66-63-60-57-54-52-50-48-46-44-42-39-34-32-30-28-26-24-22-20-17-14-11-8-5-2/h27,29,72H,4-26,28,30-71H2,1-3H3/b29-27-. The van der Waals surface area contributed by atoms with Gasteiger partial charge in [-0.05, 0) is 44.9 Å². The van der Waals surface area contributed by atoms with Gasteiger partial charge >= 0.3 is 17.9 Å². The first-order valence-corrected chi connectivity index (χ1v) is 37.2. The summed E-state index contributed by atoms with van der Waals surface area (Å²) in [6.45, 7) is 6.71. The molecule has 6 heteroatoms. The number of unbranched alkanes of at least 4 members (excludes halogenated alkanes) is 57. The van der Waals surface area contributed by atoms with E-state index in [0.29, 0.717) is 19.3 Å². The highest BCUT2D eigenvalue weighted by Gasteiger charge is 2.20. The fourth-order valence-electron chi connectivity index (χ4n) is 11.7. The third kappa shape index (κ3) is 68.8. The Morgan fingerprint density at radius 1 is 0.235 bits per heavy atom. The molecule has 0 heterocycles. The van der Waals surface area contributed by atoms with Gasteiger partial charge in [0.25, 0.3) is 0 Å². The van der Waals surface area contributed by atoms with E-state index in [1.807, 2.05) is 0 Å². The molecule has 0 saturated carbocycles. The number of hydrogen-bond acceptors (Lipinski definition) is 6. The van der Waals surface area contributed by atoms with Crippen molar-refractivity contribution in [2.24, 2.45) is 0 Å². The van der Waals surface area contributed by atoms with Gasteiger partial charge in [0.05, 0.1) is 0 Å². The SMILES string of the molecule is CCCCCCCCCC/C=C\CCCCCCCCCCCCCCCCCCCC(=O)OCC(COC(=O)CCCCCCCCCCC)OC(=O)CCCCCCCCCCCCCCCCCCCCCCCCCCC. The summed E-state index contributed by atoms with van der Waals surface area (Å²) in [6, 6.07) is 0. The predicted octanol–water partition coefficient (Wildman–Crippen LogP) is 25.6. The van der Waals surface area contributed by atoms with E-state index in [9.17, 15) is 14.4 Å². The lowest BCUT2D eigenvalue weighted by Crippen LogP contribution is -2.30. The normalized spacial score (nSPS) is 12.0. The molecule has 0 aromatic heterocycles. The Morgan fingerprint density at radius 2 is 0.407 bits per heavy atom. The van der Waals surface area contributed by atoms with E-state index in [1.165, 1.54) is 334 Å². The molecule has 0 rings (SSSR count). The summed E-state index contributed by atoms with van der Waals surface area (Å²) < 4.78 is 17.0. The Hall–Kier alpha value is -1.85. The largest absolute Gasteiger partial charge is 0.462 e. The predicted molar refractivity (Wildman–Crippen MR) is 353 cm³/mol. The van der Waals surface area contributed by atoms with E-state index in [1.54, 1.807) is 0 Å². The van der Waals surface area contributed by atoms with Crippen molar-refractivity contribution in [2.45, 2.75) is 438 Å². The highest BCUT2D eigenvalue weighted by atomic mass is 16.6. The Morgan fingerprint density at radius 3 is 0.617 bits per heavy atom. The van der Waals surface area contributed by atoms with E-state index in [2.05, 4.69) is 32.9 Å². The Kier molecular flexibility index (Phi) is 69.0. The van der Waals surface area contributed by atoms with Crippen molar-refractivity contribution in [3.8, 4) is 0 Å². The molecule has 0 aliphatic heterocycles. The summed E-state index contributed by atoms with van der Waals surface area (Å²) >= 11 is 0. The van der Waals surface area contributed by atoms with Crippen LogP contribution in [0.4, 0.5) is 0 Å². The van der Waals surface area contributed by atoms with E-state index >= 15 is 0 Å². The van der Waals surface area contributed by atoms with E-state index in [-0.39, 0.29) is 31.1 Å². The molecule has 0 fully saturated rings. The average Bonchev–Trinajstić information content (AvgIpc) is 3.47. The maximum absolute atomic E-state index is 12.9. The molecular formula is C75H144O6. The van der Waals surface area contributed by atoms with Gasteiger partial charge in [-0.25, -0.2) is 0 Å². The first-order valence-electron chi connectivity index (χ1n) is 37.2. The lowest BCUT2D eigenvalue weighted by molar-refractivity contribution is -0.167. The first-order chi connectivity index (χ1) is 40.0. The molecule has 0 N–H and O–H groups in total. The van der Waals surface area contributed by atoms with Gasteiger partial charge in [-0.3, -0.25) is 14.4 Å². The molecule has 0 aliphatic rings. The van der Waals surface area contributed by atoms with E-state index in [4.69, 9.17) is 14.2 Å². The fourth-order valence-corrected chi connectivity index (χ4v) is 11.7. The first kappa shape index (κ1) is 79.2. The van der Waals surface area contributed by atoms with Gasteiger partial charge in [0.15, 0.2) is 6.10 Å². The molecule has 0 aromatic rings. The monoisotopic (exact) mass is 1140 g/mol. The number of allylic oxidation sites excluding steroid dienone is 2. The quantitative estimate of drug-likeness (QED) is 0.0261. The van der Waals surface area contributed by atoms with Gasteiger partial charge in [-0.15, -0.1) is 0 Å². The molecule has 480 valence electrons. The molecule has 0 amide bonds. The Balaban J connectivity index is 4.05. The summed E-state index contributed by atoms with van der Waals surface area (Å²) in [4.78, 5) is 38.3. The molecule has 1 unspecified atom stereocenters. The third-order valence-corrected chi connectivity index (χ3v) is 17.3. The van der Waals surface area contributed by atoms with Crippen molar-refractivity contribution in [3.63, 3.8) is 0 Å². The number of carbonyl (C=O) groups is 3. The summed E-state index contributed by atoms with van der Waals surface area (Å²) in [5.74, 6) is -0.829. The van der Waals surface area contributed by atoms with Crippen LogP contribution in [0.15, 0.2) is 12.2 Å². The molecule has 1 atom stereocenters. The van der Waals surface area contributed by atoms with E-state index in [0.717, 1.165) is 57.8 Å². The van der Waals surface area contributed by atoms with Crippen molar-refractivity contribution in [1.82, 2.24) is 0 Å². The van der Waals surface area contributed by atoms with Gasteiger partial charge in [0, 0.05) is 19.3 Å². The number of carbonyl (C=O) groups excluding carboxylic acids is 3. The molecule has 0 aromatic carbocycles. The van der Waals surface area contributed by atoms with Crippen molar-refractivity contribution >= 4 is 17.9 Å². The van der Waals surface area contributed by atoms with Crippen molar-refractivity contribution in [1.29, 1.82) is 0 Å². The van der Waals surface area contributed by atoms with E-state index < -0.39 is 6.10 Å². The minimum absolute atomic E-state index is 0.0624. The molecule has 0 radical (unpaired) electrons. The number of hydrogen-bond donors (Lipinski definition) is 0. The molecule has 0 aliphatic carbocycles. The van der Waals surface area contributed by atoms with Crippen LogP contribution in [-0.4, -0.2) is 37.2 Å². The minimum atomic E-state index is -0.764. The van der Waals surface area contributed by atoms with Gasteiger partial charge in [0.2, 0.25) is 0 Å². The fraction of sp³-hybridized carbons (Fsp3) is 0.933. The molecule has 0 spiro atoms. The van der Waals surface area contributed by atoms with Crippen molar-refractivity contribution < 1.29 is 28.6 Å². The van der Waals surface area contributed by atoms with Crippen molar-refractivity contribution in [3.05, 3.63) is 12.2 Å². The number of ether oxygens (including phenoxy) is 3. The van der Waals surface area contributed by atoms with Crippen LogP contribution < -0.4 is 0 Å². The number of rotatable bonds is 70. The maximum atomic E-state index is 12.9. The smallest absolute Gasteiger partial charge is 0.306 e. The number of esters is 3. The second kappa shape index (κ2) is 70.6. The molecule has 0 bridgehead atoms. The van der Waals surface area contributed by atoms with Crippen LogP contribution >= 0.6 is 0 Å². The molecule has 81 heavy (non-hydrogen) atoms. The highest BCUT2D eigenvalue weighted by Crippen LogP contribution is 2.19. The van der Waals surface area contributed by atoms with Gasteiger partial charge in [0.1, 0.15) is 13.2 Å². The van der Waals surface area contributed by atoms with Crippen molar-refractivity contribution in [2.75, 3.05) is 13.2 Å². The third-order valence-electron chi connectivity index (χ3n) is 17.3. The van der Waals surface area contributed by atoms with Crippen LogP contribution in [0.1, 0.15) is 432 Å². The van der Waals surface area contributed by atoms with Crippen LogP contribution in [0, 0.1) is 0 Å². The summed E-state index contributed by atoms with van der Waals surface area (Å²) in [5, 5.41) is 0. The lowest BCUT2D eigenvalue weighted by atomic mass is 10.0. The zero-order valence-electron chi connectivity index (χ0n) is 55.4. The highest BCUT2D eigenvalue weighted by molar-refractivity contribution is 5.71. The van der Waals surface area contributed by atoms with Gasteiger partial charge < -0.3 is 14.2 Å². The van der Waals surface area contributed by atoms with Gasteiger partial charge in [-0.1, -0.05) is 380 Å². The van der Waals surface area contributed by atoms with Crippen LogP contribution in [0.3, 0.4) is 0 Å². The van der Waals surface area contributed by atoms with Crippen LogP contribution in [0.25, 0.3) is 0 Å². The molecule has 6 nitrogen and oxygen atoms in total.